The molecule has 3 heteroatoms. The number of nitrogens with zero attached hydrogens (tertiary/aromatic N) is 2. The molecule has 0 saturated heterocycles. The van der Waals surface area contributed by atoms with E-state index in [2.05, 4.69) is 222 Å². The summed E-state index contributed by atoms with van der Waals surface area (Å²) in [5, 5.41) is 7.16. The van der Waals surface area contributed by atoms with Crippen molar-refractivity contribution in [3.63, 3.8) is 0 Å². The number of benzene rings is 10. The molecule has 0 amide bonds. The summed E-state index contributed by atoms with van der Waals surface area (Å²) in [7, 11) is 0. The summed E-state index contributed by atoms with van der Waals surface area (Å²) in [6.07, 6.45) is 0. The summed E-state index contributed by atoms with van der Waals surface area (Å²) in [5.41, 5.74) is 18.5. The minimum atomic E-state index is -0.468. The van der Waals surface area contributed by atoms with E-state index < -0.39 is 5.41 Å². The Hall–Kier alpha value is -8.14. The molecule has 2 aliphatic carbocycles. The molecule has 3 nitrogen and oxygen atoms in total. The maximum atomic E-state index is 6.44. The van der Waals surface area contributed by atoms with Gasteiger partial charge in [0, 0.05) is 32.9 Å². The standard InChI is InChI=1S/C59H36N2O/c1-2-16-37(17-3-1)60(38-32-33-43-42-21-7-12-28-51(42)61(54(43)36-38)53-29-15-31-56-58(53)46-22-8-13-30-55(46)62-56)52-35-34-44-41-20-6-11-26-49(41)59(50-27-14-23-45(52)57(44)50)47-24-9-4-18-39(47)40-19-5-10-25-48(40)59/h1-36H. The van der Waals surface area contributed by atoms with Gasteiger partial charge in [-0.15, -0.1) is 0 Å². The van der Waals surface area contributed by atoms with E-state index in [0.29, 0.717) is 0 Å². The van der Waals surface area contributed by atoms with Gasteiger partial charge in [0.1, 0.15) is 11.2 Å². The summed E-state index contributed by atoms with van der Waals surface area (Å²) >= 11 is 0. The van der Waals surface area contributed by atoms with Gasteiger partial charge >= 0.3 is 0 Å². The first-order valence-corrected chi connectivity index (χ1v) is 21.4. The van der Waals surface area contributed by atoms with Crippen LogP contribution in [-0.2, 0) is 5.41 Å². The van der Waals surface area contributed by atoms with Crippen LogP contribution in [0.15, 0.2) is 223 Å². The molecule has 10 aromatic carbocycles. The van der Waals surface area contributed by atoms with Gasteiger partial charge in [-0.05, 0) is 104 Å². The fourth-order valence-electron chi connectivity index (χ4n) is 11.4. The normalized spacial score (nSPS) is 13.3. The molecule has 0 bridgehead atoms. The first kappa shape index (κ1) is 33.7. The predicted molar refractivity (Wildman–Crippen MR) is 257 cm³/mol. The van der Waals surface area contributed by atoms with E-state index >= 15 is 0 Å². The summed E-state index contributed by atoms with van der Waals surface area (Å²) < 4.78 is 8.88. The van der Waals surface area contributed by atoms with Gasteiger partial charge in [-0.2, -0.15) is 0 Å². The van der Waals surface area contributed by atoms with Crippen molar-refractivity contribution in [2.45, 2.75) is 5.41 Å². The Kier molecular flexibility index (Phi) is 6.76. The topological polar surface area (TPSA) is 21.3 Å². The second kappa shape index (κ2) is 12.4. The lowest BCUT2D eigenvalue weighted by Gasteiger charge is -2.40. The number of anilines is 3. The number of rotatable bonds is 4. The average Bonchev–Trinajstić information content (AvgIpc) is 3.98. The first-order chi connectivity index (χ1) is 30.8. The van der Waals surface area contributed by atoms with Crippen LogP contribution < -0.4 is 4.90 Å². The highest BCUT2D eigenvalue weighted by atomic mass is 16.3. The molecule has 62 heavy (non-hydrogen) atoms. The zero-order valence-electron chi connectivity index (χ0n) is 33.6. The Bertz CT molecular complexity index is 3790. The number of furan rings is 1. The number of fused-ring (bicyclic) bond motifs is 15. The molecule has 288 valence electrons. The maximum absolute atomic E-state index is 6.44. The van der Waals surface area contributed by atoms with E-state index in [1.807, 2.05) is 6.07 Å². The minimum absolute atomic E-state index is 0.468. The fraction of sp³-hybridized carbons (Fsp3) is 0.0169. The third-order valence-electron chi connectivity index (χ3n) is 13.8. The van der Waals surface area contributed by atoms with Crippen molar-refractivity contribution in [1.82, 2.24) is 4.57 Å². The molecule has 0 fully saturated rings. The Labute approximate surface area is 358 Å². The zero-order valence-corrected chi connectivity index (χ0v) is 33.6. The first-order valence-electron chi connectivity index (χ1n) is 21.4. The summed E-state index contributed by atoms with van der Waals surface area (Å²) in [4.78, 5) is 2.46. The molecule has 0 aliphatic heterocycles. The molecule has 14 rings (SSSR count). The van der Waals surface area contributed by atoms with Gasteiger partial charge in [0.05, 0.1) is 33.2 Å². The van der Waals surface area contributed by atoms with Crippen molar-refractivity contribution in [2.24, 2.45) is 0 Å². The van der Waals surface area contributed by atoms with Crippen LogP contribution in [0.4, 0.5) is 17.1 Å². The largest absolute Gasteiger partial charge is 0.456 e. The lowest BCUT2D eigenvalue weighted by molar-refractivity contribution is 0.669. The molecule has 2 aliphatic rings. The number of aromatic nitrogens is 1. The SMILES string of the molecule is c1ccc(N(c2ccc3c4ccccc4n(-c4cccc5oc6ccccc6c45)c3c2)c2ccc3c4c(cccc24)C2(c4ccccc4-c4ccccc42)c2ccccc2-3)cc1. The van der Waals surface area contributed by atoms with Crippen LogP contribution in [0.25, 0.3) is 82.5 Å². The van der Waals surface area contributed by atoms with Gasteiger partial charge in [0.25, 0.3) is 0 Å². The number of para-hydroxylation sites is 3. The number of hydrogen-bond acceptors (Lipinski definition) is 2. The third-order valence-corrected chi connectivity index (χ3v) is 13.8. The smallest absolute Gasteiger partial charge is 0.137 e. The molecule has 0 N–H and O–H groups in total. The minimum Gasteiger partial charge on any atom is -0.456 e. The van der Waals surface area contributed by atoms with Crippen LogP contribution in [0.1, 0.15) is 22.3 Å². The fourth-order valence-corrected chi connectivity index (χ4v) is 11.4. The van der Waals surface area contributed by atoms with Crippen LogP contribution >= 0.6 is 0 Å². The molecule has 1 spiro atoms. The average molecular weight is 789 g/mol. The van der Waals surface area contributed by atoms with Crippen LogP contribution in [0.2, 0.25) is 0 Å². The Morgan fingerprint density at radius 3 is 1.71 bits per heavy atom. The van der Waals surface area contributed by atoms with Gasteiger partial charge in [-0.25, -0.2) is 0 Å². The summed E-state index contributed by atoms with van der Waals surface area (Å²) in [6.45, 7) is 0. The molecule has 0 saturated carbocycles. The molecule has 2 heterocycles. The van der Waals surface area contributed by atoms with Crippen LogP contribution in [0.3, 0.4) is 0 Å². The van der Waals surface area contributed by atoms with E-state index in [0.717, 1.165) is 55.7 Å². The number of hydrogen-bond donors (Lipinski definition) is 0. The third kappa shape index (κ3) is 4.29. The predicted octanol–water partition coefficient (Wildman–Crippen LogP) is 15.6. The van der Waals surface area contributed by atoms with Crippen molar-refractivity contribution in [3.8, 4) is 27.9 Å². The van der Waals surface area contributed by atoms with Crippen molar-refractivity contribution < 1.29 is 4.42 Å². The molecule has 0 unspecified atom stereocenters. The lowest BCUT2D eigenvalue weighted by atomic mass is 9.61. The van der Waals surface area contributed by atoms with E-state index in [1.54, 1.807) is 0 Å². The van der Waals surface area contributed by atoms with Crippen molar-refractivity contribution in [2.75, 3.05) is 4.90 Å². The van der Waals surface area contributed by atoms with E-state index in [-0.39, 0.29) is 0 Å². The van der Waals surface area contributed by atoms with Gasteiger partial charge in [-0.1, -0.05) is 164 Å². The Balaban J connectivity index is 1.07. The molecule has 0 atom stereocenters. The second-order valence-corrected chi connectivity index (χ2v) is 16.7. The Morgan fingerprint density at radius 1 is 0.355 bits per heavy atom. The van der Waals surface area contributed by atoms with Crippen LogP contribution in [0, 0.1) is 0 Å². The van der Waals surface area contributed by atoms with Crippen molar-refractivity contribution >= 4 is 71.6 Å². The second-order valence-electron chi connectivity index (χ2n) is 16.7. The Morgan fingerprint density at radius 2 is 0.935 bits per heavy atom. The highest BCUT2D eigenvalue weighted by Gasteiger charge is 2.50. The lowest BCUT2D eigenvalue weighted by Crippen LogP contribution is -2.31. The van der Waals surface area contributed by atoms with Crippen LogP contribution in [0.5, 0.6) is 0 Å². The quantitative estimate of drug-likeness (QED) is 0.177. The van der Waals surface area contributed by atoms with Crippen LogP contribution in [-0.4, -0.2) is 4.57 Å². The van der Waals surface area contributed by atoms with E-state index in [9.17, 15) is 0 Å². The molecular formula is C59H36N2O. The van der Waals surface area contributed by atoms with Gasteiger partial charge in [0.2, 0.25) is 0 Å². The van der Waals surface area contributed by atoms with Crippen molar-refractivity contribution in [1.29, 1.82) is 0 Å². The van der Waals surface area contributed by atoms with Gasteiger partial charge in [0.15, 0.2) is 0 Å². The van der Waals surface area contributed by atoms with E-state index in [1.165, 1.54) is 66.1 Å². The summed E-state index contributed by atoms with van der Waals surface area (Å²) in [6, 6.07) is 80.4. The van der Waals surface area contributed by atoms with E-state index in [4.69, 9.17) is 4.42 Å². The highest BCUT2D eigenvalue weighted by Crippen LogP contribution is 2.62. The molecular weight excluding hydrogens is 753 g/mol. The maximum Gasteiger partial charge on any atom is 0.137 e. The molecule has 12 aromatic rings. The zero-order chi connectivity index (χ0) is 40.5. The van der Waals surface area contributed by atoms with Gasteiger partial charge < -0.3 is 13.9 Å². The monoisotopic (exact) mass is 788 g/mol. The van der Waals surface area contributed by atoms with Crippen molar-refractivity contribution in [3.05, 3.63) is 241 Å². The summed E-state index contributed by atoms with van der Waals surface area (Å²) in [5.74, 6) is 0. The van der Waals surface area contributed by atoms with Gasteiger partial charge in [-0.3, -0.25) is 0 Å². The molecule has 0 radical (unpaired) electrons. The molecule has 2 aromatic heterocycles. The highest BCUT2D eigenvalue weighted by molar-refractivity contribution is 6.16.